The van der Waals surface area contributed by atoms with Crippen molar-refractivity contribution >= 4 is 11.8 Å². The molecule has 0 atom stereocenters. The lowest BCUT2D eigenvalue weighted by atomic mass is 10.1. The summed E-state index contributed by atoms with van der Waals surface area (Å²) < 4.78 is 5.42. The minimum Gasteiger partial charge on any atom is -0.484 e. The zero-order valence-corrected chi connectivity index (χ0v) is 15.6. The standard InChI is InChI=1S/C21H25N3O3/c1-23-11-13-24(14-12-23)21(26)18-9-7-17(8-10-18)15-22-20(25)16-27-19-5-3-2-4-6-19/h2-10H,11-16H2,1H3,(H,22,25). The predicted octanol–water partition coefficient (Wildman–Crippen LogP) is 1.77. The second-order valence-corrected chi connectivity index (χ2v) is 6.67. The van der Waals surface area contributed by atoms with Gasteiger partial charge in [-0.3, -0.25) is 9.59 Å². The number of hydrogen-bond acceptors (Lipinski definition) is 4. The van der Waals surface area contributed by atoms with E-state index in [1.165, 1.54) is 0 Å². The van der Waals surface area contributed by atoms with Crippen molar-refractivity contribution in [2.45, 2.75) is 6.54 Å². The van der Waals surface area contributed by atoms with Crippen LogP contribution in [0.3, 0.4) is 0 Å². The highest BCUT2D eigenvalue weighted by atomic mass is 16.5. The van der Waals surface area contributed by atoms with Crippen LogP contribution in [0.1, 0.15) is 15.9 Å². The summed E-state index contributed by atoms with van der Waals surface area (Å²) in [5.74, 6) is 0.547. The predicted molar refractivity (Wildman–Crippen MR) is 104 cm³/mol. The van der Waals surface area contributed by atoms with Crippen molar-refractivity contribution in [3.63, 3.8) is 0 Å². The van der Waals surface area contributed by atoms with E-state index in [9.17, 15) is 9.59 Å². The maximum absolute atomic E-state index is 12.5. The molecule has 0 bridgehead atoms. The molecule has 0 saturated carbocycles. The number of ether oxygens (including phenoxy) is 1. The third-order valence-electron chi connectivity index (χ3n) is 4.59. The van der Waals surface area contributed by atoms with E-state index in [0.29, 0.717) is 17.9 Å². The van der Waals surface area contributed by atoms with Gasteiger partial charge < -0.3 is 19.9 Å². The van der Waals surface area contributed by atoms with Gasteiger partial charge in [0.2, 0.25) is 0 Å². The van der Waals surface area contributed by atoms with Crippen LogP contribution in [0, 0.1) is 0 Å². The molecule has 3 rings (SSSR count). The molecular formula is C21H25N3O3. The minimum absolute atomic E-state index is 0.0238. The van der Waals surface area contributed by atoms with Gasteiger partial charge in [-0.25, -0.2) is 0 Å². The van der Waals surface area contributed by atoms with E-state index in [2.05, 4.69) is 17.3 Å². The zero-order valence-electron chi connectivity index (χ0n) is 15.6. The molecule has 1 aliphatic rings. The van der Waals surface area contributed by atoms with Crippen LogP contribution in [0.2, 0.25) is 0 Å². The molecule has 6 nitrogen and oxygen atoms in total. The first-order valence-corrected chi connectivity index (χ1v) is 9.13. The summed E-state index contributed by atoms with van der Waals surface area (Å²) in [6.45, 7) is 3.70. The van der Waals surface area contributed by atoms with Crippen LogP contribution in [0.15, 0.2) is 54.6 Å². The number of hydrogen-bond donors (Lipinski definition) is 1. The fourth-order valence-corrected chi connectivity index (χ4v) is 2.87. The summed E-state index contributed by atoms with van der Waals surface area (Å²) in [5.41, 5.74) is 1.63. The van der Waals surface area contributed by atoms with Gasteiger partial charge in [-0.2, -0.15) is 0 Å². The van der Waals surface area contributed by atoms with E-state index in [1.807, 2.05) is 59.5 Å². The molecule has 0 aromatic heterocycles. The normalized spacial score (nSPS) is 14.6. The first-order valence-electron chi connectivity index (χ1n) is 9.13. The number of benzene rings is 2. The molecule has 1 aliphatic heterocycles. The highest BCUT2D eigenvalue weighted by Crippen LogP contribution is 2.10. The Bertz CT molecular complexity index is 754. The van der Waals surface area contributed by atoms with Gasteiger partial charge in [0.25, 0.3) is 11.8 Å². The number of nitrogens with one attached hydrogen (secondary N) is 1. The first-order chi connectivity index (χ1) is 13.1. The highest BCUT2D eigenvalue weighted by molar-refractivity contribution is 5.94. The van der Waals surface area contributed by atoms with Gasteiger partial charge in [0, 0.05) is 38.3 Å². The molecular weight excluding hydrogens is 342 g/mol. The van der Waals surface area contributed by atoms with Gasteiger partial charge in [-0.1, -0.05) is 30.3 Å². The monoisotopic (exact) mass is 367 g/mol. The van der Waals surface area contributed by atoms with Crippen LogP contribution in [-0.2, 0) is 11.3 Å². The Labute approximate surface area is 159 Å². The summed E-state index contributed by atoms with van der Waals surface area (Å²) >= 11 is 0. The number of para-hydroxylation sites is 1. The maximum Gasteiger partial charge on any atom is 0.258 e. The van der Waals surface area contributed by atoms with Gasteiger partial charge in [-0.05, 0) is 36.9 Å². The number of carbonyl (C=O) groups is 2. The molecule has 2 amide bonds. The molecule has 2 aromatic rings. The molecule has 6 heteroatoms. The molecule has 1 fully saturated rings. The van der Waals surface area contributed by atoms with E-state index < -0.39 is 0 Å². The average molecular weight is 367 g/mol. The summed E-state index contributed by atoms with van der Waals surface area (Å²) in [6.07, 6.45) is 0. The smallest absolute Gasteiger partial charge is 0.258 e. The van der Waals surface area contributed by atoms with E-state index in [0.717, 1.165) is 31.7 Å². The molecule has 1 heterocycles. The molecule has 1 N–H and O–H groups in total. The van der Waals surface area contributed by atoms with Gasteiger partial charge in [0.05, 0.1) is 0 Å². The molecule has 2 aromatic carbocycles. The van der Waals surface area contributed by atoms with Crippen molar-refractivity contribution in [2.24, 2.45) is 0 Å². The van der Waals surface area contributed by atoms with Crippen LogP contribution in [0.5, 0.6) is 5.75 Å². The zero-order chi connectivity index (χ0) is 19.1. The number of amides is 2. The van der Waals surface area contributed by atoms with Crippen molar-refractivity contribution in [1.82, 2.24) is 15.1 Å². The van der Waals surface area contributed by atoms with Gasteiger partial charge in [0.15, 0.2) is 6.61 Å². The summed E-state index contributed by atoms with van der Waals surface area (Å²) in [7, 11) is 2.07. The minimum atomic E-state index is -0.184. The lowest BCUT2D eigenvalue weighted by Gasteiger charge is -2.32. The van der Waals surface area contributed by atoms with E-state index in [1.54, 1.807) is 0 Å². The Balaban J connectivity index is 1.44. The largest absolute Gasteiger partial charge is 0.484 e. The lowest BCUT2D eigenvalue weighted by molar-refractivity contribution is -0.123. The van der Waals surface area contributed by atoms with Crippen LogP contribution < -0.4 is 10.1 Å². The molecule has 142 valence electrons. The van der Waals surface area contributed by atoms with E-state index in [4.69, 9.17) is 4.74 Å². The Kier molecular flexibility index (Phi) is 6.44. The third kappa shape index (κ3) is 5.56. The molecule has 0 unspecified atom stereocenters. The van der Waals surface area contributed by atoms with Crippen molar-refractivity contribution in [2.75, 3.05) is 39.8 Å². The molecule has 0 aliphatic carbocycles. The fraction of sp³-hybridized carbons (Fsp3) is 0.333. The summed E-state index contributed by atoms with van der Waals surface area (Å²) in [6, 6.07) is 16.6. The van der Waals surface area contributed by atoms with Gasteiger partial charge in [0.1, 0.15) is 5.75 Å². The number of piperazine rings is 1. The topological polar surface area (TPSA) is 61.9 Å². The van der Waals surface area contributed by atoms with Gasteiger partial charge >= 0.3 is 0 Å². The van der Waals surface area contributed by atoms with Crippen LogP contribution in [0.4, 0.5) is 0 Å². The van der Waals surface area contributed by atoms with Crippen molar-refractivity contribution in [3.05, 3.63) is 65.7 Å². The molecule has 0 radical (unpaired) electrons. The Morgan fingerprint density at radius 2 is 1.63 bits per heavy atom. The summed E-state index contributed by atoms with van der Waals surface area (Å²) in [4.78, 5) is 28.5. The molecule has 1 saturated heterocycles. The first kappa shape index (κ1) is 18.9. The third-order valence-corrected chi connectivity index (χ3v) is 4.59. The number of carbonyl (C=O) groups excluding carboxylic acids is 2. The Hall–Kier alpha value is -2.86. The van der Waals surface area contributed by atoms with Crippen LogP contribution in [-0.4, -0.2) is 61.4 Å². The second kappa shape index (κ2) is 9.19. The maximum atomic E-state index is 12.5. The van der Waals surface area contributed by atoms with Gasteiger partial charge in [-0.15, -0.1) is 0 Å². The average Bonchev–Trinajstić information content (AvgIpc) is 2.72. The number of likely N-dealkylation sites (N-methyl/N-ethyl adjacent to an activating group) is 1. The van der Waals surface area contributed by atoms with Crippen LogP contribution >= 0.6 is 0 Å². The molecule has 27 heavy (non-hydrogen) atoms. The number of nitrogens with zero attached hydrogens (tertiary/aromatic N) is 2. The van der Waals surface area contributed by atoms with Crippen LogP contribution in [0.25, 0.3) is 0 Å². The van der Waals surface area contributed by atoms with E-state index >= 15 is 0 Å². The van der Waals surface area contributed by atoms with Crippen molar-refractivity contribution in [1.29, 1.82) is 0 Å². The number of rotatable bonds is 6. The SMILES string of the molecule is CN1CCN(C(=O)c2ccc(CNC(=O)COc3ccccc3)cc2)CC1. The van der Waals surface area contributed by atoms with E-state index in [-0.39, 0.29) is 18.4 Å². The molecule has 0 spiro atoms. The quantitative estimate of drug-likeness (QED) is 0.845. The van der Waals surface area contributed by atoms with Crippen molar-refractivity contribution < 1.29 is 14.3 Å². The highest BCUT2D eigenvalue weighted by Gasteiger charge is 2.20. The summed E-state index contributed by atoms with van der Waals surface area (Å²) in [5, 5.41) is 2.82. The van der Waals surface area contributed by atoms with Crippen molar-refractivity contribution in [3.8, 4) is 5.75 Å². The Morgan fingerprint density at radius 3 is 2.30 bits per heavy atom. The fourth-order valence-electron chi connectivity index (χ4n) is 2.87. The second-order valence-electron chi connectivity index (χ2n) is 6.67. The Morgan fingerprint density at radius 1 is 0.963 bits per heavy atom. The lowest BCUT2D eigenvalue weighted by Crippen LogP contribution is -2.47.